The zero-order valence-corrected chi connectivity index (χ0v) is 15.5. The van der Waals surface area contributed by atoms with Gasteiger partial charge < -0.3 is 5.32 Å². The maximum Gasteiger partial charge on any atom is 0.460 e. The van der Waals surface area contributed by atoms with E-state index in [1.54, 1.807) is 60.7 Å². The molecule has 11 heteroatoms. The maximum absolute atomic E-state index is 13.6. The highest BCUT2D eigenvalue weighted by Gasteiger charge is 2.76. The molecule has 0 bridgehead atoms. The molecule has 3 aromatic rings. The van der Waals surface area contributed by atoms with Crippen molar-refractivity contribution in [3.8, 4) is 16.9 Å². The van der Waals surface area contributed by atoms with Crippen molar-refractivity contribution in [3.63, 3.8) is 0 Å². The molecule has 0 aliphatic heterocycles. The standard InChI is InChI=1S/C20H14F7N3O/c21-18(22,19(23,24)20(25,26)27)17(31)28-11-14-12-30(15-9-5-2-6-10-15)29-16(14)13-7-3-1-4-8-13/h1-10,12H,11H2,(H,28,31). The third-order valence-corrected chi connectivity index (χ3v) is 4.33. The van der Waals surface area contributed by atoms with Gasteiger partial charge >= 0.3 is 18.0 Å². The Morgan fingerprint density at radius 3 is 1.97 bits per heavy atom. The van der Waals surface area contributed by atoms with Crippen molar-refractivity contribution in [2.45, 2.75) is 24.6 Å². The van der Waals surface area contributed by atoms with Crippen LogP contribution in [0.2, 0.25) is 0 Å². The summed E-state index contributed by atoms with van der Waals surface area (Å²) in [4.78, 5) is 11.6. The topological polar surface area (TPSA) is 46.9 Å². The smallest absolute Gasteiger partial charge is 0.346 e. The summed E-state index contributed by atoms with van der Waals surface area (Å²) in [5.74, 6) is -15.3. The van der Waals surface area contributed by atoms with Crippen LogP contribution in [0.1, 0.15) is 5.56 Å². The lowest BCUT2D eigenvalue weighted by atomic mass is 10.1. The molecule has 0 spiro atoms. The quantitative estimate of drug-likeness (QED) is 0.544. The first-order valence-corrected chi connectivity index (χ1v) is 8.75. The van der Waals surface area contributed by atoms with E-state index in [9.17, 15) is 35.5 Å². The summed E-state index contributed by atoms with van der Waals surface area (Å²) in [6.07, 6.45) is -5.24. The summed E-state index contributed by atoms with van der Waals surface area (Å²) in [6.45, 7) is -0.751. The van der Waals surface area contributed by atoms with E-state index in [0.29, 0.717) is 11.3 Å². The normalized spacial score (nSPS) is 12.6. The number of amides is 1. The largest absolute Gasteiger partial charge is 0.460 e. The Morgan fingerprint density at radius 1 is 0.871 bits per heavy atom. The van der Waals surface area contributed by atoms with Gasteiger partial charge in [0.05, 0.1) is 11.4 Å². The lowest BCUT2D eigenvalue weighted by Gasteiger charge is -2.27. The van der Waals surface area contributed by atoms with E-state index in [-0.39, 0.29) is 11.3 Å². The van der Waals surface area contributed by atoms with Gasteiger partial charge in [0.25, 0.3) is 5.91 Å². The van der Waals surface area contributed by atoms with Gasteiger partial charge in [-0.3, -0.25) is 4.79 Å². The van der Waals surface area contributed by atoms with E-state index in [1.807, 2.05) is 0 Å². The fraction of sp³-hybridized carbons (Fsp3) is 0.200. The molecule has 0 fully saturated rings. The van der Waals surface area contributed by atoms with Crippen molar-refractivity contribution < 1.29 is 35.5 Å². The molecule has 4 nitrogen and oxygen atoms in total. The average molecular weight is 445 g/mol. The summed E-state index contributed by atoms with van der Waals surface area (Å²) in [5, 5.41) is 5.80. The van der Waals surface area contributed by atoms with Crippen molar-refractivity contribution in [1.29, 1.82) is 0 Å². The molecular weight excluding hydrogens is 431 g/mol. The minimum atomic E-state index is -6.60. The Morgan fingerprint density at radius 2 is 1.42 bits per heavy atom. The summed E-state index contributed by atoms with van der Waals surface area (Å²) >= 11 is 0. The van der Waals surface area contributed by atoms with Gasteiger partial charge in [0.15, 0.2) is 0 Å². The second-order valence-electron chi connectivity index (χ2n) is 6.48. The molecule has 164 valence electrons. The van der Waals surface area contributed by atoms with Crippen molar-refractivity contribution >= 4 is 5.91 Å². The predicted octanol–water partition coefficient (Wildman–Crippen LogP) is 4.99. The summed E-state index contributed by atoms with van der Waals surface area (Å²) < 4.78 is 91.7. The van der Waals surface area contributed by atoms with Gasteiger partial charge in [-0.2, -0.15) is 35.8 Å². The molecule has 0 atom stereocenters. The van der Waals surface area contributed by atoms with Crippen LogP contribution in [0.15, 0.2) is 66.9 Å². The van der Waals surface area contributed by atoms with Crippen LogP contribution in [0.3, 0.4) is 0 Å². The SMILES string of the molecule is O=C(NCc1cn(-c2ccccc2)nc1-c1ccccc1)C(F)(F)C(F)(F)C(F)(F)F. The highest BCUT2D eigenvalue weighted by molar-refractivity contribution is 5.85. The molecule has 2 aromatic carbocycles. The van der Waals surface area contributed by atoms with Crippen LogP contribution < -0.4 is 5.32 Å². The molecule has 1 aromatic heterocycles. The number of alkyl halides is 7. The number of benzene rings is 2. The molecular formula is C20H14F7N3O. The summed E-state index contributed by atoms with van der Waals surface area (Å²) in [7, 11) is 0. The molecule has 1 heterocycles. The van der Waals surface area contributed by atoms with E-state index < -0.39 is 30.5 Å². The van der Waals surface area contributed by atoms with Crippen molar-refractivity contribution in [2.75, 3.05) is 0 Å². The number of carbonyl (C=O) groups excluding carboxylic acids is 1. The van der Waals surface area contributed by atoms with Gasteiger partial charge in [0.2, 0.25) is 0 Å². The number of nitrogens with one attached hydrogen (secondary N) is 1. The number of nitrogens with zero attached hydrogens (tertiary/aromatic N) is 2. The molecule has 1 amide bonds. The second-order valence-corrected chi connectivity index (χ2v) is 6.48. The highest BCUT2D eigenvalue weighted by Crippen LogP contribution is 2.46. The molecule has 0 aliphatic rings. The van der Waals surface area contributed by atoms with Crippen LogP contribution in [0.5, 0.6) is 0 Å². The van der Waals surface area contributed by atoms with E-state index in [4.69, 9.17) is 0 Å². The Hall–Kier alpha value is -3.37. The number of halogens is 7. The zero-order chi connectivity index (χ0) is 22.9. The predicted molar refractivity (Wildman–Crippen MR) is 96.8 cm³/mol. The molecule has 0 radical (unpaired) electrons. The first-order valence-electron chi connectivity index (χ1n) is 8.75. The third-order valence-electron chi connectivity index (χ3n) is 4.33. The fourth-order valence-corrected chi connectivity index (χ4v) is 2.70. The Kier molecular flexibility index (Phi) is 5.79. The number of aromatic nitrogens is 2. The maximum atomic E-state index is 13.6. The molecule has 0 saturated carbocycles. The van der Waals surface area contributed by atoms with Crippen LogP contribution >= 0.6 is 0 Å². The molecule has 3 rings (SSSR count). The van der Waals surface area contributed by atoms with E-state index in [2.05, 4.69) is 5.10 Å². The number of hydrogen-bond acceptors (Lipinski definition) is 2. The van der Waals surface area contributed by atoms with Crippen molar-refractivity contribution in [3.05, 3.63) is 72.4 Å². The van der Waals surface area contributed by atoms with Crippen LogP contribution in [0.4, 0.5) is 30.7 Å². The monoisotopic (exact) mass is 445 g/mol. The van der Waals surface area contributed by atoms with Gasteiger partial charge in [-0.1, -0.05) is 48.5 Å². The number of para-hydroxylation sites is 1. The van der Waals surface area contributed by atoms with E-state index >= 15 is 0 Å². The molecule has 0 aliphatic carbocycles. The van der Waals surface area contributed by atoms with Gasteiger partial charge in [0, 0.05) is 23.9 Å². The number of hydrogen-bond donors (Lipinski definition) is 1. The highest BCUT2D eigenvalue weighted by atomic mass is 19.4. The Labute approximate surface area is 171 Å². The van der Waals surface area contributed by atoms with Gasteiger partial charge in [-0.25, -0.2) is 4.68 Å². The van der Waals surface area contributed by atoms with Crippen LogP contribution in [-0.4, -0.2) is 33.7 Å². The summed E-state index contributed by atoms with van der Waals surface area (Å²) in [6, 6.07) is 16.8. The minimum absolute atomic E-state index is 0.134. The summed E-state index contributed by atoms with van der Waals surface area (Å²) in [5.41, 5.74) is 1.46. The van der Waals surface area contributed by atoms with Gasteiger partial charge in [0.1, 0.15) is 0 Å². The molecule has 31 heavy (non-hydrogen) atoms. The lowest BCUT2D eigenvalue weighted by molar-refractivity contribution is -0.344. The van der Waals surface area contributed by atoms with Crippen LogP contribution in [0.25, 0.3) is 16.9 Å². The van der Waals surface area contributed by atoms with E-state index in [0.717, 1.165) is 0 Å². The first kappa shape index (κ1) is 22.3. The molecule has 0 saturated heterocycles. The Balaban J connectivity index is 1.90. The van der Waals surface area contributed by atoms with E-state index in [1.165, 1.54) is 16.2 Å². The van der Waals surface area contributed by atoms with Crippen molar-refractivity contribution in [2.24, 2.45) is 0 Å². The minimum Gasteiger partial charge on any atom is -0.346 e. The molecule has 0 unspecified atom stereocenters. The number of carbonyl (C=O) groups is 1. The average Bonchev–Trinajstić information content (AvgIpc) is 3.16. The van der Waals surface area contributed by atoms with Gasteiger partial charge in [-0.05, 0) is 12.1 Å². The third kappa shape index (κ3) is 4.25. The van der Waals surface area contributed by atoms with Crippen LogP contribution in [0, 0.1) is 0 Å². The van der Waals surface area contributed by atoms with Crippen LogP contribution in [-0.2, 0) is 11.3 Å². The van der Waals surface area contributed by atoms with Crippen molar-refractivity contribution in [1.82, 2.24) is 15.1 Å². The number of rotatable bonds is 6. The van der Waals surface area contributed by atoms with Gasteiger partial charge in [-0.15, -0.1) is 0 Å². The second kappa shape index (κ2) is 8.05. The fourth-order valence-electron chi connectivity index (χ4n) is 2.70. The lowest BCUT2D eigenvalue weighted by Crippen LogP contribution is -2.59. The Bertz CT molecular complexity index is 1050. The first-order chi connectivity index (χ1) is 14.4. The zero-order valence-electron chi connectivity index (χ0n) is 15.5. The molecule has 1 N–H and O–H groups in total.